The molecule has 1 saturated carbocycles. The van der Waals surface area contributed by atoms with Crippen molar-refractivity contribution in [2.45, 2.75) is 45.1 Å². The molecule has 0 bridgehead atoms. The third kappa shape index (κ3) is 2.26. The molecule has 0 saturated heterocycles. The van der Waals surface area contributed by atoms with Gasteiger partial charge in [0, 0.05) is 5.88 Å². The minimum Gasteiger partial charge on any atom is -0.346 e. The number of halogens is 1. The van der Waals surface area contributed by atoms with Gasteiger partial charge in [0.05, 0.1) is 16.9 Å². The lowest BCUT2D eigenvalue weighted by molar-refractivity contribution is 0.532. The maximum Gasteiger partial charge on any atom is 0.243 e. The first kappa shape index (κ1) is 11.6. The molecule has 4 nitrogen and oxygen atoms in total. The second-order valence-electron chi connectivity index (χ2n) is 4.55. The molecule has 1 aliphatic rings. The Kier molecular flexibility index (Phi) is 3.28. The summed E-state index contributed by atoms with van der Waals surface area (Å²) in [5.41, 5.74) is 1.77. The summed E-state index contributed by atoms with van der Waals surface area (Å²) >= 11 is 6.05. The maximum atomic E-state index is 6.05. The number of aromatic nitrogens is 3. The Balaban J connectivity index is 2.16. The van der Waals surface area contributed by atoms with E-state index < -0.39 is 0 Å². The van der Waals surface area contributed by atoms with E-state index in [0.29, 0.717) is 11.8 Å². The average molecular weight is 241 g/mol. The van der Waals surface area contributed by atoms with Gasteiger partial charge in [-0.05, 0) is 26.7 Å². The molecular weight excluding hydrogens is 224 g/mol. The zero-order chi connectivity index (χ0) is 11.6. The van der Waals surface area contributed by atoms with Gasteiger partial charge in [0.1, 0.15) is 0 Å². The van der Waals surface area contributed by atoms with Crippen LogP contribution in [0.25, 0.3) is 0 Å². The summed E-state index contributed by atoms with van der Waals surface area (Å²) in [7, 11) is 0. The van der Waals surface area contributed by atoms with Crippen LogP contribution >= 0.6 is 11.6 Å². The summed E-state index contributed by atoms with van der Waals surface area (Å²) < 4.78 is 0. The van der Waals surface area contributed by atoms with Crippen molar-refractivity contribution in [3.63, 3.8) is 0 Å². The van der Waals surface area contributed by atoms with Crippen molar-refractivity contribution < 1.29 is 0 Å². The molecule has 1 aromatic heterocycles. The van der Waals surface area contributed by atoms with E-state index in [1.54, 1.807) is 0 Å². The highest BCUT2D eigenvalue weighted by Gasteiger charge is 2.33. The molecule has 1 N–H and O–H groups in total. The van der Waals surface area contributed by atoms with E-state index in [1.165, 1.54) is 12.8 Å². The summed E-state index contributed by atoms with van der Waals surface area (Å²) in [6.07, 6.45) is 4.62. The van der Waals surface area contributed by atoms with E-state index in [-0.39, 0.29) is 5.54 Å². The van der Waals surface area contributed by atoms with Crippen molar-refractivity contribution in [2.75, 3.05) is 11.2 Å². The predicted octanol–water partition coefficient (Wildman–Crippen LogP) is 2.45. The summed E-state index contributed by atoms with van der Waals surface area (Å²) in [5.74, 6) is 1.20. The first-order valence-corrected chi connectivity index (χ1v) is 6.21. The van der Waals surface area contributed by atoms with Crippen molar-refractivity contribution in [2.24, 2.45) is 0 Å². The zero-order valence-electron chi connectivity index (χ0n) is 9.76. The fourth-order valence-electron chi connectivity index (χ4n) is 2.09. The second-order valence-corrected chi connectivity index (χ2v) is 4.82. The number of nitrogens with zero attached hydrogens (tertiary/aromatic N) is 3. The second kappa shape index (κ2) is 4.53. The number of alkyl halides is 1. The number of hydrogen-bond donors (Lipinski definition) is 1. The Morgan fingerprint density at radius 1 is 1.19 bits per heavy atom. The van der Waals surface area contributed by atoms with Gasteiger partial charge in [0.2, 0.25) is 5.95 Å². The molecule has 0 radical (unpaired) electrons. The lowest BCUT2D eigenvalue weighted by Gasteiger charge is -2.27. The molecule has 88 valence electrons. The molecular formula is C11H17ClN4. The first-order chi connectivity index (χ1) is 7.65. The maximum absolute atomic E-state index is 6.05. The van der Waals surface area contributed by atoms with Gasteiger partial charge in [0.15, 0.2) is 0 Å². The number of anilines is 1. The lowest BCUT2D eigenvalue weighted by Crippen LogP contribution is -2.38. The number of rotatable bonds is 3. The standard InChI is InChI=1S/C11H17ClN4/c1-8-9(2)15-16-10(13-8)14-11(7-12)5-3-4-6-11/h3-7H2,1-2H3,(H,13,14,16). The molecule has 1 aromatic rings. The van der Waals surface area contributed by atoms with E-state index in [9.17, 15) is 0 Å². The SMILES string of the molecule is Cc1nnc(NC2(CCl)CCCC2)nc1C. The number of aryl methyl sites for hydroxylation is 2. The number of nitrogens with one attached hydrogen (secondary N) is 1. The number of hydrogen-bond acceptors (Lipinski definition) is 4. The van der Waals surface area contributed by atoms with Gasteiger partial charge in [0.25, 0.3) is 0 Å². The summed E-state index contributed by atoms with van der Waals surface area (Å²) in [6, 6.07) is 0. The van der Waals surface area contributed by atoms with Crippen LogP contribution in [0.4, 0.5) is 5.95 Å². The summed E-state index contributed by atoms with van der Waals surface area (Å²) in [4.78, 5) is 4.39. The summed E-state index contributed by atoms with van der Waals surface area (Å²) in [5, 5.41) is 11.5. The molecule has 2 rings (SSSR count). The quantitative estimate of drug-likeness (QED) is 0.825. The molecule has 0 atom stereocenters. The molecule has 5 heteroatoms. The fourth-order valence-corrected chi connectivity index (χ4v) is 2.42. The van der Waals surface area contributed by atoms with Gasteiger partial charge in [-0.15, -0.1) is 16.7 Å². The van der Waals surface area contributed by atoms with Gasteiger partial charge in [-0.3, -0.25) is 0 Å². The van der Waals surface area contributed by atoms with E-state index in [2.05, 4.69) is 20.5 Å². The predicted molar refractivity (Wildman–Crippen MR) is 64.8 cm³/mol. The van der Waals surface area contributed by atoms with Crippen LogP contribution in [0.5, 0.6) is 0 Å². The molecule has 1 aliphatic carbocycles. The molecule has 16 heavy (non-hydrogen) atoms. The third-order valence-corrected chi connectivity index (χ3v) is 3.80. The lowest BCUT2D eigenvalue weighted by atomic mass is 10.0. The van der Waals surface area contributed by atoms with Crippen LogP contribution in [0, 0.1) is 13.8 Å². The normalized spacial score (nSPS) is 18.7. The smallest absolute Gasteiger partial charge is 0.243 e. The van der Waals surface area contributed by atoms with Crippen molar-refractivity contribution in [1.82, 2.24) is 15.2 Å². The van der Waals surface area contributed by atoms with Crippen LogP contribution in [-0.2, 0) is 0 Å². The van der Waals surface area contributed by atoms with Crippen molar-refractivity contribution in [3.05, 3.63) is 11.4 Å². The van der Waals surface area contributed by atoms with E-state index in [0.717, 1.165) is 24.2 Å². The van der Waals surface area contributed by atoms with Crippen LogP contribution in [0.2, 0.25) is 0 Å². The zero-order valence-corrected chi connectivity index (χ0v) is 10.5. The van der Waals surface area contributed by atoms with E-state index >= 15 is 0 Å². The minimum absolute atomic E-state index is 0.0229. The monoisotopic (exact) mass is 240 g/mol. The molecule has 0 aromatic carbocycles. The molecule has 1 heterocycles. The highest BCUT2D eigenvalue weighted by atomic mass is 35.5. The Hall–Kier alpha value is -0.900. The molecule has 0 spiro atoms. The highest BCUT2D eigenvalue weighted by molar-refractivity contribution is 6.18. The minimum atomic E-state index is -0.0229. The first-order valence-electron chi connectivity index (χ1n) is 5.67. The third-order valence-electron chi connectivity index (χ3n) is 3.29. The topological polar surface area (TPSA) is 50.7 Å². The Morgan fingerprint density at radius 2 is 1.88 bits per heavy atom. The molecule has 0 unspecified atom stereocenters. The Bertz CT molecular complexity index is 374. The van der Waals surface area contributed by atoms with Gasteiger partial charge in [-0.1, -0.05) is 12.8 Å². The van der Waals surface area contributed by atoms with Crippen LogP contribution in [0.3, 0.4) is 0 Å². The van der Waals surface area contributed by atoms with Crippen LogP contribution in [0.1, 0.15) is 37.1 Å². The van der Waals surface area contributed by atoms with Crippen molar-refractivity contribution >= 4 is 17.5 Å². The van der Waals surface area contributed by atoms with Gasteiger partial charge in [-0.2, -0.15) is 5.10 Å². The van der Waals surface area contributed by atoms with Gasteiger partial charge in [-0.25, -0.2) is 4.98 Å². The summed E-state index contributed by atoms with van der Waals surface area (Å²) in [6.45, 7) is 3.85. The molecule has 0 aliphatic heterocycles. The van der Waals surface area contributed by atoms with Crippen molar-refractivity contribution in [1.29, 1.82) is 0 Å². The fraction of sp³-hybridized carbons (Fsp3) is 0.727. The van der Waals surface area contributed by atoms with E-state index in [4.69, 9.17) is 11.6 Å². The van der Waals surface area contributed by atoms with Crippen LogP contribution in [-0.4, -0.2) is 26.6 Å². The molecule has 0 amide bonds. The van der Waals surface area contributed by atoms with Crippen molar-refractivity contribution in [3.8, 4) is 0 Å². The highest BCUT2D eigenvalue weighted by Crippen LogP contribution is 2.33. The van der Waals surface area contributed by atoms with Gasteiger partial charge < -0.3 is 5.32 Å². The van der Waals surface area contributed by atoms with E-state index in [1.807, 2.05) is 13.8 Å². The Morgan fingerprint density at radius 3 is 2.44 bits per heavy atom. The molecule has 1 fully saturated rings. The van der Waals surface area contributed by atoms with Crippen LogP contribution in [0.15, 0.2) is 0 Å². The largest absolute Gasteiger partial charge is 0.346 e. The van der Waals surface area contributed by atoms with Gasteiger partial charge >= 0.3 is 0 Å². The Labute approximate surface area is 101 Å². The van der Waals surface area contributed by atoms with Crippen LogP contribution < -0.4 is 5.32 Å². The average Bonchev–Trinajstić information content (AvgIpc) is 2.73.